The van der Waals surface area contributed by atoms with Gasteiger partial charge in [-0.05, 0) is 0 Å². The summed E-state index contributed by atoms with van der Waals surface area (Å²) in [5, 5.41) is 6.18. The SMILES string of the molecule is CC(C)(C)c1nc2scc(N)n2n1. The van der Waals surface area contributed by atoms with Crippen LogP contribution in [0.2, 0.25) is 0 Å². The van der Waals surface area contributed by atoms with Crippen molar-refractivity contribution in [2.24, 2.45) is 0 Å². The lowest BCUT2D eigenvalue weighted by Crippen LogP contribution is -2.13. The number of hydrogen-bond donors (Lipinski definition) is 1. The molecule has 2 aromatic heterocycles. The number of nitrogens with two attached hydrogens (primary N) is 1. The van der Waals surface area contributed by atoms with Gasteiger partial charge in [0.05, 0.1) is 0 Å². The van der Waals surface area contributed by atoms with Crippen LogP contribution in [0, 0.1) is 0 Å². The van der Waals surface area contributed by atoms with Crippen LogP contribution in [0.3, 0.4) is 0 Å². The van der Waals surface area contributed by atoms with Gasteiger partial charge in [0, 0.05) is 10.8 Å². The smallest absolute Gasteiger partial charge is 0.214 e. The predicted molar refractivity (Wildman–Crippen MR) is 54.0 cm³/mol. The Morgan fingerprint density at radius 3 is 2.69 bits per heavy atom. The summed E-state index contributed by atoms with van der Waals surface area (Å²) < 4.78 is 1.69. The van der Waals surface area contributed by atoms with Crippen molar-refractivity contribution >= 4 is 22.1 Å². The fourth-order valence-corrected chi connectivity index (χ4v) is 1.73. The number of rotatable bonds is 0. The summed E-state index contributed by atoms with van der Waals surface area (Å²) in [6.07, 6.45) is 0. The molecule has 70 valence electrons. The molecular formula is C8H12N4S. The molecule has 2 aromatic rings. The summed E-state index contributed by atoms with van der Waals surface area (Å²) >= 11 is 1.52. The third-order valence-corrected chi connectivity index (χ3v) is 2.61. The van der Waals surface area contributed by atoms with Gasteiger partial charge < -0.3 is 5.73 Å². The Balaban J connectivity index is 2.63. The van der Waals surface area contributed by atoms with Crippen LogP contribution in [0.15, 0.2) is 5.38 Å². The molecule has 2 heterocycles. The molecule has 0 atom stereocenters. The van der Waals surface area contributed by atoms with E-state index in [9.17, 15) is 0 Å². The molecule has 0 aliphatic rings. The molecule has 0 bridgehead atoms. The standard InChI is InChI=1S/C8H12N4S/c1-8(2,3)6-10-7-12(11-6)5(9)4-13-7/h4H,9H2,1-3H3. The molecule has 13 heavy (non-hydrogen) atoms. The van der Waals surface area contributed by atoms with E-state index >= 15 is 0 Å². The van der Waals surface area contributed by atoms with Crippen molar-refractivity contribution in [1.82, 2.24) is 14.6 Å². The van der Waals surface area contributed by atoms with Crippen LogP contribution in [0.25, 0.3) is 4.96 Å². The van der Waals surface area contributed by atoms with Crippen molar-refractivity contribution in [3.8, 4) is 0 Å². The van der Waals surface area contributed by atoms with Crippen LogP contribution in [0.4, 0.5) is 5.82 Å². The van der Waals surface area contributed by atoms with E-state index < -0.39 is 0 Å². The van der Waals surface area contributed by atoms with Crippen molar-refractivity contribution in [2.75, 3.05) is 5.73 Å². The summed E-state index contributed by atoms with van der Waals surface area (Å²) in [5.41, 5.74) is 5.69. The minimum absolute atomic E-state index is 0.0157. The highest BCUT2D eigenvalue weighted by atomic mass is 32.1. The lowest BCUT2D eigenvalue weighted by atomic mass is 9.96. The van der Waals surface area contributed by atoms with E-state index in [2.05, 4.69) is 30.9 Å². The van der Waals surface area contributed by atoms with Gasteiger partial charge in [0.25, 0.3) is 0 Å². The van der Waals surface area contributed by atoms with Gasteiger partial charge in [0.2, 0.25) is 4.96 Å². The topological polar surface area (TPSA) is 56.2 Å². The molecule has 0 amide bonds. The van der Waals surface area contributed by atoms with Crippen LogP contribution in [0.1, 0.15) is 26.6 Å². The molecule has 0 spiro atoms. The number of nitrogens with zero attached hydrogens (tertiary/aromatic N) is 3. The molecule has 2 rings (SSSR count). The van der Waals surface area contributed by atoms with Gasteiger partial charge in [-0.15, -0.1) is 16.4 Å². The monoisotopic (exact) mass is 196 g/mol. The van der Waals surface area contributed by atoms with Gasteiger partial charge in [0.15, 0.2) is 5.82 Å². The molecule has 0 aliphatic carbocycles. The summed E-state index contributed by atoms with van der Waals surface area (Å²) in [6.45, 7) is 6.26. The maximum atomic E-state index is 5.70. The van der Waals surface area contributed by atoms with Crippen LogP contribution in [-0.4, -0.2) is 14.6 Å². The number of thiazole rings is 1. The molecular weight excluding hydrogens is 184 g/mol. The molecule has 0 unspecified atom stereocenters. The Morgan fingerprint density at radius 2 is 2.15 bits per heavy atom. The van der Waals surface area contributed by atoms with Crippen LogP contribution in [0.5, 0.6) is 0 Å². The highest BCUT2D eigenvalue weighted by molar-refractivity contribution is 7.15. The van der Waals surface area contributed by atoms with Gasteiger partial charge in [-0.1, -0.05) is 20.8 Å². The number of hydrogen-bond acceptors (Lipinski definition) is 4. The Hall–Kier alpha value is -1.10. The van der Waals surface area contributed by atoms with Crippen molar-refractivity contribution in [3.63, 3.8) is 0 Å². The zero-order chi connectivity index (χ0) is 9.64. The van der Waals surface area contributed by atoms with Gasteiger partial charge in [0.1, 0.15) is 5.82 Å². The van der Waals surface area contributed by atoms with E-state index in [4.69, 9.17) is 5.73 Å². The second-order valence-corrected chi connectivity index (χ2v) is 4.88. The highest BCUT2D eigenvalue weighted by Gasteiger charge is 2.20. The van der Waals surface area contributed by atoms with Gasteiger partial charge in [-0.3, -0.25) is 0 Å². The van der Waals surface area contributed by atoms with E-state index in [-0.39, 0.29) is 5.41 Å². The fraction of sp³-hybridized carbons (Fsp3) is 0.500. The molecule has 2 N–H and O–H groups in total. The normalized spacial score (nSPS) is 12.5. The average Bonchev–Trinajstić information content (AvgIpc) is 2.51. The average molecular weight is 196 g/mol. The minimum Gasteiger partial charge on any atom is -0.383 e. The number of nitrogen functional groups attached to an aromatic ring is 1. The largest absolute Gasteiger partial charge is 0.383 e. The molecule has 0 radical (unpaired) electrons. The maximum Gasteiger partial charge on any atom is 0.214 e. The molecule has 0 aromatic carbocycles. The molecule has 4 nitrogen and oxygen atoms in total. The first-order valence-corrected chi connectivity index (χ1v) is 4.96. The second-order valence-electron chi connectivity index (χ2n) is 4.04. The first kappa shape index (κ1) is 8.50. The summed E-state index contributed by atoms with van der Waals surface area (Å²) in [4.78, 5) is 5.26. The molecule has 5 heteroatoms. The lowest BCUT2D eigenvalue weighted by Gasteiger charge is -2.11. The Bertz CT molecular complexity index is 434. The van der Waals surface area contributed by atoms with Crippen molar-refractivity contribution in [3.05, 3.63) is 11.2 Å². The molecule has 0 fully saturated rings. The summed E-state index contributed by atoms with van der Waals surface area (Å²) in [5.74, 6) is 1.49. The van der Waals surface area contributed by atoms with E-state index in [1.54, 1.807) is 4.52 Å². The highest BCUT2D eigenvalue weighted by Crippen LogP contribution is 2.22. The Kier molecular flexibility index (Phi) is 1.60. The van der Waals surface area contributed by atoms with Crippen molar-refractivity contribution in [2.45, 2.75) is 26.2 Å². The number of fused-ring (bicyclic) bond motifs is 1. The van der Waals surface area contributed by atoms with Crippen molar-refractivity contribution in [1.29, 1.82) is 0 Å². The first-order chi connectivity index (χ1) is 5.98. The zero-order valence-electron chi connectivity index (χ0n) is 7.90. The number of anilines is 1. The third-order valence-electron chi connectivity index (χ3n) is 1.78. The summed E-state index contributed by atoms with van der Waals surface area (Å²) in [7, 11) is 0. The third kappa shape index (κ3) is 1.29. The second kappa shape index (κ2) is 2.45. The van der Waals surface area contributed by atoms with Gasteiger partial charge in [-0.2, -0.15) is 4.52 Å². The lowest BCUT2D eigenvalue weighted by molar-refractivity contribution is 0.546. The zero-order valence-corrected chi connectivity index (χ0v) is 8.72. The van der Waals surface area contributed by atoms with Crippen LogP contribution in [-0.2, 0) is 5.41 Å². The van der Waals surface area contributed by atoms with E-state index in [1.807, 2.05) is 5.38 Å². The van der Waals surface area contributed by atoms with Crippen molar-refractivity contribution < 1.29 is 0 Å². The van der Waals surface area contributed by atoms with E-state index in [0.717, 1.165) is 10.8 Å². The van der Waals surface area contributed by atoms with Crippen LogP contribution < -0.4 is 5.73 Å². The fourth-order valence-electron chi connectivity index (χ4n) is 1.02. The van der Waals surface area contributed by atoms with Crippen LogP contribution >= 0.6 is 11.3 Å². The number of aromatic nitrogens is 3. The minimum atomic E-state index is -0.0157. The molecule has 0 saturated heterocycles. The van der Waals surface area contributed by atoms with Gasteiger partial charge in [-0.25, -0.2) is 4.98 Å². The van der Waals surface area contributed by atoms with Gasteiger partial charge >= 0.3 is 0 Å². The van der Waals surface area contributed by atoms with E-state index in [1.165, 1.54) is 11.3 Å². The molecule has 0 aliphatic heterocycles. The predicted octanol–water partition coefficient (Wildman–Crippen LogP) is 1.67. The molecule has 0 saturated carbocycles. The maximum absolute atomic E-state index is 5.70. The summed E-state index contributed by atoms with van der Waals surface area (Å²) in [6, 6.07) is 0. The van der Waals surface area contributed by atoms with E-state index in [0.29, 0.717) is 5.82 Å². The Morgan fingerprint density at radius 1 is 1.46 bits per heavy atom. The first-order valence-electron chi connectivity index (χ1n) is 4.09. The Labute approximate surface area is 80.4 Å². The quantitative estimate of drug-likeness (QED) is 0.697.